The molecule has 1 aliphatic rings. The van der Waals surface area contributed by atoms with Crippen molar-refractivity contribution in [1.82, 2.24) is 19.9 Å². The molecular formula is C12H16FN5O3. The Kier molecular flexibility index (Phi) is 3.70. The zero-order chi connectivity index (χ0) is 15.0. The van der Waals surface area contributed by atoms with Crippen LogP contribution >= 0.6 is 0 Å². The monoisotopic (exact) mass is 297 g/mol. The van der Waals surface area contributed by atoms with Gasteiger partial charge in [0.15, 0.2) is 17.8 Å². The third-order valence-corrected chi connectivity index (χ3v) is 3.49. The fraction of sp³-hybridized carbons (Fsp3) is 0.583. The maximum absolute atomic E-state index is 14.1. The number of alkyl halides is 1. The molecule has 9 heteroatoms. The molecule has 0 bridgehead atoms. The summed E-state index contributed by atoms with van der Waals surface area (Å²) in [4.78, 5) is 15.1. The van der Waals surface area contributed by atoms with Crippen LogP contribution in [0.25, 0.3) is 11.2 Å². The van der Waals surface area contributed by atoms with Crippen LogP contribution in [0.15, 0.2) is 6.33 Å². The van der Waals surface area contributed by atoms with Gasteiger partial charge in [-0.05, 0) is 0 Å². The fourth-order valence-electron chi connectivity index (χ4n) is 2.46. The highest BCUT2D eigenvalue weighted by atomic mass is 19.1. The lowest BCUT2D eigenvalue weighted by Gasteiger charge is -2.21. The van der Waals surface area contributed by atoms with Crippen LogP contribution in [0.2, 0.25) is 0 Å². The molecule has 114 valence electrons. The van der Waals surface area contributed by atoms with E-state index in [1.54, 1.807) is 0 Å². The van der Waals surface area contributed by atoms with Gasteiger partial charge in [0.2, 0.25) is 0 Å². The molecule has 1 saturated heterocycles. The van der Waals surface area contributed by atoms with Crippen molar-refractivity contribution in [3.05, 3.63) is 12.2 Å². The van der Waals surface area contributed by atoms with Crippen molar-refractivity contribution in [2.24, 2.45) is 0 Å². The van der Waals surface area contributed by atoms with Gasteiger partial charge in [0.1, 0.15) is 36.0 Å². The van der Waals surface area contributed by atoms with E-state index in [0.717, 1.165) is 0 Å². The lowest BCUT2D eigenvalue weighted by Crippen LogP contribution is -2.35. The molecule has 21 heavy (non-hydrogen) atoms. The van der Waals surface area contributed by atoms with Gasteiger partial charge in [0, 0.05) is 20.6 Å². The number of nitrogens with zero attached hydrogens (tertiary/aromatic N) is 3. The first-order valence-corrected chi connectivity index (χ1v) is 6.45. The minimum absolute atomic E-state index is 0.154. The molecule has 0 saturated carbocycles. The van der Waals surface area contributed by atoms with Gasteiger partial charge in [0.25, 0.3) is 0 Å². The van der Waals surface area contributed by atoms with Crippen LogP contribution in [0.1, 0.15) is 18.3 Å². The van der Waals surface area contributed by atoms with Crippen molar-refractivity contribution in [3.63, 3.8) is 0 Å². The van der Waals surface area contributed by atoms with E-state index in [-0.39, 0.29) is 12.2 Å². The van der Waals surface area contributed by atoms with Gasteiger partial charge in [-0.2, -0.15) is 0 Å². The summed E-state index contributed by atoms with van der Waals surface area (Å²) in [6, 6.07) is 0. The van der Waals surface area contributed by atoms with Gasteiger partial charge in [0.05, 0.1) is 0 Å². The normalized spacial score (nSPS) is 26.0. The highest BCUT2D eigenvalue weighted by Crippen LogP contribution is 2.36. The first kappa shape index (κ1) is 14.1. The van der Waals surface area contributed by atoms with Crippen LogP contribution in [0.4, 0.5) is 10.2 Å². The molecule has 1 aliphatic heterocycles. The van der Waals surface area contributed by atoms with E-state index in [0.29, 0.717) is 17.0 Å². The Morgan fingerprint density at radius 3 is 2.86 bits per heavy atom. The third-order valence-electron chi connectivity index (χ3n) is 3.49. The fourth-order valence-corrected chi connectivity index (χ4v) is 2.46. The first-order chi connectivity index (χ1) is 10.1. The molecule has 1 fully saturated rings. The number of imidazole rings is 1. The second kappa shape index (κ2) is 5.51. The van der Waals surface area contributed by atoms with Gasteiger partial charge < -0.3 is 24.9 Å². The molecule has 0 aromatic carbocycles. The molecule has 0 aliphatic carbocycles. The molecule has 3 atom stereocenters. The molecule has 3 heterocycles. The number of methoxy groups -OCH3 is 2. The van der Waals surface area contributed by atoms with Crippen molar-refractivity contribution in [3.8, 4) is 0 Å². The third kappa shape index (κ3) is 2.43. The molecule has 8 nitrogen and oxygen atoms in total. The molecule has 0 unspecified atom stereocenters. The van der Waals surface area contributed by atoms with E-state index in [1.165, 1.54) is 20.5 Å². The smallest absolute Gasteiger partial charge is 0.185 e. The predicted molar refractivity (Wildman–Crippen MR) is 71.0 cm³/mol. The molecule has 0 amide bonds. The number of nitrogens with one attached hydrogen (secondary N) is 1. The van der Waals surface area contributed by atoms with E-state index in [4.69, 9.17) is 19.9 Å². The molecule has 3 rings (SSSR count). The summed E-state index contributed by atoms with van der Waals surface area (Å²) in [6.45, 7) is 0. The maximum atomic E-state index is 14.1. The largest absolute Gasteiger partial charge is 0.382 e. The van der Waals surface area contributed by atoms with Crippen LogP contribution in [0.5, 0.6) is 0 Å². The molecule has 3 N–H and O–H groups in total. The molecular weight excluding hydrogens is 281 g/mol. The van der Waals surface area contributed by atoms with Crippen LogP contribution in [-0.2, 0) is 14.2 Å². The van der Waals surface area contributed by atoms with E-state index in [2.05, 4.69) is 19.9 Å². The molecule has 0 radical (unpaired) electrons. The number of nitrogens with two attached hydrogens (primary N) is 1. The summed E-state index contributed by atoms with van der Waals surface area (Å²) in [5.74, 6) is 0.755. The summed E-state index contributed by atoms with van der Waals surface area (Å²) in [5.41, 5.74) is 6.68. The van der Waals surface area contributed by atoms with Crippen molar-refractivity contribution in [2.75, 3.05) is 20.0 Å². The Morgan fingerprint density at radius 1 is 1.43 bits per heavy atom. The zero-order valence-corrected chi connectivity index (χ0v) is 11.6. The molecule has 2 aromatic rings. The summed E-state index contributed by atoms with van der Waals surface area (Å²) in [6.07, 6.45) is -1.84. The number of rotatable bonds is 4. The van der Waals surface area contributed by atoms with Crippen LogP contribution in [-0.4, -0.2) is 52.7 Å². The second-order valence-corrected chi connectivity index (χ2v) is 4.76. The first-order valence-electron chi connectivity index (χ1n) is 6.45. The topological polar surface area (TPSA) is 108 Å². The van der Waals surface area contributed by atoms with Gasteiger partial charge in [-0.15, -0.1) is 0 Å². The van der Waals surface area contributed by atoms with E-state index >= 15 is 0 Å². The van der Waals surface area contributed by atoms with Crippen LogP contribution < -0.4 is 5.73 Å². The molecule has 0 spiro atoms. The number of aromatic amines is 1. The summed E-state index contributed by atoms with van der Waals surface area (Å²) in [5, 5.41) is 0. The highest BCUT2D eigenvalue weighted by molar-refractivity contribution is 5.81. The number of halogens is 1. The van der Waals surface area contributed by atoms with Crippen molar-refractivity contribution in [1.29, 1.82) is 0 Å². The summed E-state index contributed by atoms with van der Waals surface area (Å²) >= 11 is 0. The van der Waals surface area contributed by atoms with Gasteiger partial charge in [-0.25, -0.2) is 19.3 Å². The van der Waals surface area contributed by atoms with E-state index in [1.807, 2.05) is 0 Å². The Hall–Kier alpha value is -1.84. The number of fused-ring (bicyclic) bond motifs is 1. The lowest BCUT2D eigenvalue weighted by molar-refractivity contribution is -0.186. The number of aromatic nitrogens is 4. The van der Waals surface area contributed by atoms with E-state index < -0.39 is 24.7 Å². The van der Waals surface area contributed by atoms with Crippen molar-refractivity contribution >= 4 is 17.0 Å². The Bertz CT molecular complexity index is 632. The van der Waals surface area contributed by atoms with Gasteiger partial charge >= 0.3 is 0 Å². The number of ether oxygens (including phenoxy) is 3. The SMILES string of the molecule is COC(OC)[C@@H]1O[C@H](c2nc3ncnc(N)c3[nH]2)C[C@H]1F. The lowest BCUT2D eigenvalue weighted by atomic mass is 10.1. The minimum Gasteiger partial charge on any atom is -0.382 e. The van der Waals surface area contributed by atoms with Crippen molar-refractivity contribution < 1.29 is 18.6 Å². The quantitative estimate of drug-likeness (QED) is 0.800. The molecule has 2 aromatic heterocycles. The van der Waals surface area contributed by atoms with Crippen LogP contribution in [0.3, 0.4) is 0 Å². The minimum atomic E-state index is -1.21. The van der Waals surface area contributed by atoms with E-state index in [9.17, 15) is 4.39 Å². The Balaban J connectivity index is 1.85. The van der Waals surface area contributed by atoms with Crippen molar-refractivity contribution in [2.45, 2.75) is 31.1 Å². The van der Waals surface area contributed by atoms with Crippen LogP contribution in [0, 0.1) is 0 Å². The summed E-state index contributed by atoms with van der Waals surface area (Å²) < 4.78 is 29.9. The second-order valence-electron chi connectivity index (χ2n) is 4.76. The number of hydrogen-bond donors (Lipinski definition) is 2. The summed E-state index contributed by atoms with van der Waals surface area (Å²) in [7, 11) is 2.88. The number of anilines is 1. The Morgan fingerprint density at radius 2 is 2.19 bits per heavy atom. The van der Waals surface area contributed by atoms with Gasteiger partial charge in [-0.3, -0.25) is 0 Å². The standard InChI is InChI=1S/C12H16FN5O3/c1-19-12(20-2)8-5(13)3-6(21-8)10-17-7-9(14)15-4-16-11(7)18-10/h4-6,8,12H,3H2,1-2H3,(H3,14,15,16,17,18)/t5-,6+,8-/m1/s1. The average Bonchev–Trinajstić information content (AvgIpc) is 3.06. The highest BCUT2D eigenvalue weighted by Gasteiger charge is 2.42. The predicted octanol–water partition coefficient (Wildman–Crippen LogP) is 0.722. The maximum Gasteiger partial charge on any atom is 0.185 e. The zero-order valence-electron chi connectivity index (χ0n) is 11.6. The number of hydrogen-bond acceptors (Lipinski definition) is 7. The Labute approximate surface area is 119 Å². The average molecular weight is 297 g/mol. The van der Waals surface area contributed by atoms with Gasteiger partial charge in [-0.1, -0.05) is 0 Å². The number of H-pyrrole nitrogens is 1. The number of nitrogen functional groups attached to an aromatic ring is 1.